The Morgan fingerprint density at radius 2 is 1.67 bits per heavy atom. The van der Waals surface area contributed by atoms with Gasteiger partial charge in [-0.05, 0) is 89.2 Å². The summed E-state index contributed by atoms with van der Waals surface area (Å²) in [4.78, 5) is 38.1. The molecule has 1 aliphatic rings. The zero-order chi connectivity index (χ0) is 38.8. The van der Waals surface area contributed by atoms with E-state index in [9.17, 15) is 31.5 Å². The van der Waals surface area contributed by atoms with Gasteiger partial charge in [-0.2, -0.15) is 20.8 Å². The fraction of sp³-hybridized carbons (Fsp3) is 0.378. The SMILES string of the molecule is [CH2-]N(CCN([CH-]C)C(=O)OC(C)(C)C)C[C@@H](Oc1cc(C)c(C(=O)Oc2c(F)c(F)c(F)c(F)c2F)cc1-c1n[nH]c(C)n1)c1ccc(C2CC2)cn1.[Lr]. The van der Waals surface area contributed by atoms with Gasteiger partial charge in [-0.25, -0.2) is 34.3 Å². The molecule has 1 fully saturated rings. The molecule has 4 aromatic rings. The Labute approximate surface area is 303 Å². The number of amides is 1. The van der Waals surface area contributed by atoms with E-state index in [-0.39, 0.29) is 41.4 Å². The van der Waals surface area contributed by atoms with Gasteiger partial charge in [0.15, 0.2) is 11.9 Å². The van der Waals surface area contributed by atoms with Gasteiger partial charge in [0, 0.05) is 19.3 Å². The van der Waals surface area contributed by atoms with Crippen molar-refractivity contribution in [3.05, 3.63) is 101 Å². The Morgan fingerprint density at radius 3 is 2.20 bits per heavy atom. The van der Waals surface area contributed by atoms with Crippen molar-refractivity contribution in [3.8, 4) is 22.9 Å². The van der Waals surface area contributed by atoms with Gasteiger partial charge in [0.05, 0.1) is 16.8 Å². The molecule has 5 rings (SSSR count). The molecule has 0 bridgehead atoms. The van der Waals surface area contributed by atoms with Crippen LogP contribution in [0.2, 0.25) is 0 Å². The molecular weight excluding hydrogens is 965 g/mol. The minimum atomic E-state index is -2.39. The third kappa shape index (κ3) is 9.26. The molecule has 0 unspecified atom stereocenters. The topological polar surface area (TPSA) is 123 Å². The summed E-state index contributed by atoms with van der Waals surface area (Å²) in [6.07, 6.45) is 2.64. The Morgan fingerprint density at radius 1 is 1.02 bits per heavy atom. The fourth-order valence-corrected chi connectivity index (χ4v) is 5.29. The van der Waals surface area contributed by atoms with Crippen LogP contribution in [-0.2, 0) is 4.74 Å². The maximum absolute atomic E-state index is 14.4. The number of esters is 1. The number of nitrogens with zero attached hydrogens (tertiary/aromatic N) is 5. The number of carbonyl (C=O) groups is 2. The van der Waals surface area contributed by atoms with Gasteiger partial charge in [-0.3, -0.25) is 17.1 Å². The molecule has 0 aliphatic heterocycles. The molecule has 1 radical (unpaired) electrons. The first kappa shape index (κ1) is 40.6. The number of benzene rings is 2. The molecule has 299 valence electrons. The van der Waals surface area contributed by atoms with Crippen LogP contribution in [0.4, 0.5) is 26.7 Å². The number of aromatic nitrogens is 4. The number of ether oxygens (including phenoxy) is 3. The van der Waals surface area contributed by atoms with E-state index in [4.69, 9.17) is 14.2 Å². The van der Waals surface area contributed by atoms with Gasteiger partial charge in [0.2, 0.25) is 34.8 Å². The molecule has 1 aliphatic carbocycles. The largest absolute Gasteiger partial charge is 0.482 e. The van der Waals surface area contributed by atoms with E-state index >= 15 is 0 Å². The quantitative estimate of drug-likeness (QED) is 0.0356. The summed E-state index contributed by atoms with van der Waals surface area (Å²) in [6, 6.07) is 6.49. The molecule has 1 amide bonds. The van der Waals surface area contributed by atoms with Crippen LogP contribution in [0.1, 0.15) is 85.6 Å². The number of aromatic amines is 1. The number of aryl methyl sites for hydroxylation is 2. The number of carbonyl (C=O) groups excluding carboxylic acids is 2. The average molecular weight is 1000 g/mol. The minimum Gasteiger partial charge on any atom is -0.482 e. The predicted octanol–water partition coefficient (Wildman–Crippen LogP) is 7.91. The number of nitrogens with one attached hydrogen (secondary N) is 1. The molecule has 1 atom stereocenters. The smallest absolute Gasteiger partial charge is 0.380 e. The van der Waals surface area contributed by atoms with Crippen LogP contribution >= 0.6 is 0 Å². The number of rotatable bonds is 13. The van der Waals surface area contributed by atoms with Gasteiger partial charge in [-0.1, -0.05) is 6.07 Å². The molecule has 11 nitrogen and oxygen atoms in total. The first-order chi connectivity index (χ1) is 25.0. The van der Waals surface area contributed by atoms with Crippen molar-refractivity contribution < 1.29 is 45.8 Å². The van der Waals surface area contributed by atoms with Gasteiger partial charge in [0.1, 0.15) is 17.2 Å². The maximum Gasteiger partial charge on any atom is 0.380 e. The summed E-state index contributed by atoms with van der Waals surface area (Å²) in [7, 11) is 4.16. The summed E-state index contributed by atoms with van der Waals surface area (Å²) < 4.78 is 87.0. The first-order valence-corrected chi connectivity index (χ1v) is 16.7. The van der Waals surface area contributed by atoms with E-state index in [0.717, 1.165) is 18.4 Å². The zero-order valence-corrected chi connectivity index (χ0v) is 32.4. The van der Waals surface area contributed by atoms with Crippen molar-refractivity contribution >= 4 is 12.1 Å². The number of halogens is 5. The van der Waals surface area contributed by atoms with Gasteiger partial charge >= 0.3 is 12.1 Å². The van der Waals surface area contributed by atoms with Gasteiger partial charge < -0.3 is 24.0 Å². The number of hydrogen-bond donors (Lipinski definition) is 1. The Kier molecular flexibility index (Phi) is 12.2. The second-order valence-corrected chi connectivity index (χ2v) is 13.6. The predicted molar refractivity (Wildman–Crippen MR) is 182 cm³/mol. The van der Waals surface area contributed by atoms with E-state index < -0.39 is 58.6 Å². The van der Waals surface area contributed by atoms with Crippen molar-refractivity contribution in [1.82, 2.24) is 30.0 Å². The van der Waals surface area contributed by atoms with Crippen molar-refractivity contribution in [2.45, 2.75) is 72.0 Å². The van der Waals surface area contributed by atoms with E-state index in [1.807, 2.05) is 12.1 Å². The Hall–Kier alpha value is -6.12. The van der Waals surface area contributed by atoms with Crippen LogP contribution in [-0.4, -0.2) is 67.3 Å². The van der Waals surface area contributed by atoms with E-state index in [2.05, 4.69) is 27.2 Å². The standard InChI is InChI=1S/C37H39F5N6O5.Lr/c1-8-48(36(50)53-37(4,5)6)14-13-47(7)18-27(25-12-11-22(17-43-25)21-9-10-21)51-26-15-19(2)23(16-24(26)34-44-20(3)45-46-34)35(49)52-33-31(41)29(39)28(38)30(40)32(33)42;/h8,11-12,15-17,21,27H,7,9-10,13-14,18H2,1-6H3,(H,44,45,46);/q-2;/t27-;/m1./s1. The molecular formula is C37H39F5LrN6O5-2. The van der Waals surface area contributed by atoms with Crippen molar-refractivity contribution in [2.24, 2.45) is 0 Å². The second-order valence-electron chi connectivity index (χ2n) is 13.6. The summed E-state index contributed by atoms with van der Waals surface area (Å²) in [6.45, 7) is 12.5. The molecule has 1 saturated carbocycles. The molecule has 0 saturated heterocycles. The molecule has 2 aromatic heterocycles. The fourth-order valence-electron chi connectivity index (χ4n) is 5.29. The van der Waals surface area contributed by atoms with E-state index in [0.29, 0.717) is 24.0 Å². The van der Waals surface area contributed by atoms with Crippen molar-refractivity contribution in [1.29, 1.82) is 0 Å². The van der Waals surface area contributed by atoms with Crippen molar-refractivity contribution in [2.75, 3.05) is 19.6 Å². The Balaban J connectivity index is 0.00000650. The Bertz CT molecular complexity index is 1960. The summed E-state index contributed by atoms with van der Waals surface area (Å²) in [5.41, 5.74) is 0.953. The molecule has 2 aromatic carbocycles. The molecule has 0 spiro atoms. The molecule has 1 N–H and O–H groups in total. The number of pyridine rings is 1. The summed E-state index contributed by atoms with van der Waals surface area (Å²) in [5, 5.41) is 6.88. The minimum absolute atomic E-state index is 0. The average Bonchev–Trinajstić information content (AvgIpc) is 3.87. The normalized spacial score (nSPS) is 13.4. The van der Waals surface area contributed by atoms with Crippen LogP contribution < -0.4 is 9.47 Å². The monoisotopic (exact) mass is 1000 g/mol. The summed E-state index contributed by atoms with van der Waals surface area (Å²) in [5.74, 6) is -13.6. The zero-order valence-electron chi connectivity index (χ0n) is 30.3. The molecule has 17 heteroatoms. The third-order valence-corrected chi connectivity index (χ3v) is 8.23. The second kappa shape index (κ2) is 16.3. The number of hydrogen-bond acceptors (Lipinski definition) is 9. The molecule has 54 heavy (non-hydrogen) atoms. The van der Waals surface area contributed by atoms with Crippen LogP contribution in [0.25, 0.3) is 11.4 Å². The van der Waals surface area contributed by atoms with Gasteiger partial charge in [0.25, 0.3) is 0 Å². The van der Waals surface area contributed by atoms with Crippen molar-refractivity contribution in [3.63, 3.8) is 0 Å². The molecule has 2 heterocycles. The number of H-pyrrole nitrogens is 1. The van der Waals surface area contributed by atoms with E-state index in [1.54, 1.807) is 52.3 Å². The third-order valence-electron chi connectivity index (χ3n) is 8.23. The van der Waals surface area contributed by atoms with E-state index in [1.165, 1.54) is 24.0 Å². The first-order valence-electron chi connectivity index (χ1n) is 16.7. The summed E-state index contributed by atoms with van der Waals surface area (Å²) >= 11 is 0. The van der Waals surface area contributed by atoms with Crippen LogP contribution in [0.3, 0.4) is 0 Å². The van der Waals surface area contributed by atoms with Crippen LogP contribution in [0, 0.1) is 56.5 Å². The van der Waals surface area contributed by atoms with Gasteiger partial charge in [-0.15, -0.1) is 0 Å². The van der Waals surface area contributed by atoms with Crippen LogP contribution in [0.5, 0.6) is 11.5 Å². The van der Waals surface area contributed by atoms with Crippen LogP contribution in [0.15, 0.2) is 30.5 Å². The maximum atomic E-state index is 14.4.